The van der Waals surface area contributed by atoms with E-state index in [0.29, 0.717) is 16.9 Å². The van der Waals surface area contributed by atoms with E-state index in [1.54, 1.807) is 60.7 Å². The molecule has 0 aliphatic rings. The fourth-order valence-electron chi connectivity index (χ4n) is 3.82. The average molecular weight is 575 g/mol. The third kappa shape index (κ3) is 6.92. The predicted octanol–water partition coefficient (Wildman–Crippen LogP) is 5.29. The van der Waals surface area contributed by atoms with E-state index in [9.17, 15) is 18.8 Å². The highest BCUT2D eigenvalue weighted by atomic mass is 32.2. The van der Waals surface area contributed by atoms with Gasteiger partial charge in [-0.1, -0.05) is 57.2 Å². The summed E-state index contributed by atoms with van der Waals surface area (Å²) in [4.78, 5) is 8.95. The van der Waals surface area contributed by atoms with Crippen LogP contribution in [0, 0.1) is 11.3 Å². The highest BCUT2D eigenvalue weighted by molar-refractivity contribution is 7.92. The second kappa shape index (κ2) is 12.2. The molecular formula is C30H30N4O6S. The lowest BCUT2D eigenvalue weighted by molar-refractivity contribution is 0.192. The smallest absolute Gasteiger partial charge is 0.263 e. The number of hydrogen-bond acceptors (Lipinski definition) is 9. The second-order valence-corrected chi connectivity index (χ2v) is 11.6. The number of ether oxygens (including phenoxy) is 3. The Bertz CT molecular complexity index is 1680. The molecular weight excluding hydrogens is 544 g/mol. The summed E-state index contributed by atoms with van der Waals surface area (Å²) in [7, 11) is -2.69. The number of sulfonamides is 1. The van der Waals surface area contributed by atoms with E-state index in [2.05, 4.69) is 20.8 Å². The lowest BCUT2D eigenvalue weighted by atomic mass is 9.87. The first kappa shape index (κ1) is 29.3. The second-order valence-electron chi connectivity index (χ2n) is 9.93. The van der Waals surface area contributed by atoms with Gasteiger partial charge in [-0.3, -0.25) is 4.72 Å². The third-order valence-electron chi connectivity index (χ3n) is 5.96. The summed E-state index contributed by atoms with van der Waals surface area (Å²) in [6.07, 6.45) is 0. The number of nitriles is 1. The van der Waals surface area contributed by atoms with Crippen LogP contribution in [0.2, 0.25) is 0 Å². The van der Waals surface area contributed by atoms with Crippen molar-refractivity contribution in [2.24, 2.45) is 0 Å². The van der Waals surface area contributed by atoms with Crippen LogP contribution in [0.25, 0.3) is 11.4 Å². The SMILES string of the molecule is COc1ccccc1Oc1c(NS(=O)(=O)c2ccc(C(C)(C)C)cc2)nc(-c2cccc(C#N)c2)nc1OCCO. The number of methoxy groups -OCH3 is 1. The van der Waals surface area contributed by atoms with Crippen LogP contribution in [-0.2, 0) is 15.4 Å². The zero-order chi connectivity index (χ0) is 29.6. The number of aliphatic hydroxyl groups is 1. The van der Waals surface area contributed by atoms with Crippen LogP contribution in [0.3, 0.4) is 0 Å². The molecule has 11 heteroatoms. The standard InChI is InChI=1S/C30H30N4O6S/c1-30(2,3)22-12-14-23(15-13-22)41(36,37)34-28-26(40-25-11-6-5-10-24(25)38-4)29(39-17-16-35)33-27(32-28)21-9-7-8-20(18-21)19-31/h5-15,18,35H,16-17H2,1-4H3,(H,32,33,34). The summed E-state index contributed by atoms with van der Waals surface area (Å²) < 4.78 is 46.9. The Labute approximate surface area is 239 Å². The number of rotatable bonds is 10. The number of para-hydroxylation sites is 2. The number of hydrogen-bond donors (Lipinski definition) is 2. The van der Waals surface area contributed by atoms with Gasteiger partial charge in [-0.25, -0.2) is 13.4 Å². The molecule has 41 heavy (non-hydrogen) atoms. The van der Waals surface area contributed by atoms with Gasteiger partial charge in [0.25, 0.3) is 15.9 Å². The molecule has 0 saturated heterocycles. The van der Waals surface area contributed by atoms with E-state index in [0.717, 1.165) is 5.56 Å². The first-order valence-electron chi connectivity index (χ1n) is 12.7. The van der Waals surface area contributed by atoms with Crippen molar-refractivity contribution in [3.8, 4) is 40.6 Å². The summed E-state index contributed by atoms with van der Waals surface area (Å²) in [5.74, 6) is 0.218. The summed E-state index contributed by atoms with van der Waals surface area (Å²) in [5, 5.41) is 18.8. The van der Waals surface area contributed by atoms with Crippen molar-refractivity contribution in [2.75, 3.05) is 25.0 Å². The summed E-state index contributed by atoms with van der Waals surface area (Å²) in [6.45, 7) is 5.62. The highest BCUT2D eigenvalue weighted by Gasteiger charge is 2.26. The van der Waals surface area contributed by atoms with E-state index in [-0.39, 0.29) is 52.5 Å². The van der Waals surface area contributed by atoms with Crippen molar-refractivity contribution in [3.05, 3.63) is 83.9 Å². The van der Waals surface area contributed by atoms with Crippen molar-refractivity contribution < 1.29 is 27.7 Å². The van der Waals surface area contributed by atoms with Crippen LogP contribution in [0.5, 0.6) is 23.1 Å². The first-order valence-corrected chi connectivity index (χ1v) is 14.1. The number of aromatic nitrogens is 2. The fraction of sp³-hybridized carbons (Fsp3) is 0.233. The minimum Gasteiger partial charge on any atom is -0.493 e. The molecule has 0 saturated carbocycles. The van der Waals surface area contributed by atoms with Crippen LogP contribution in [0.1, 0.15) is 31.9 Å². The zero-order valence-electron chi connectivity index (χ0n) is 23.1. The van der Waals surface area contributed by atoms with Gasteiger partial charge in [-0.2, -0.15) is 10.2 Å². The zero-order valence-corrected chi connectivity index (χ0v) is 23.9. The summed E-state index contributed by atoms with van der Waals surface area (Å²) >= 11 is 0. The van der Waals surface area contributed by atoms with Gasteiger partial charge in [-0.15, -0.1) is 0 Å². The normalized spacial score (nSPS) is 11.4. The lowest BCUT2D eigenvalue weighted by Gasteiger charge is -2.20. The Morgan fingerprint density at radius 3 is 2.32 bits per heavy atom. The quantitative estimate of drug-likeness (QED) is 0.258. The molecule has 2 N–H and O–H groups in total. The Balaban J connectivity index is 1.88. The minimum absolute atomic E-state index is 0.0122. The molecule has 3 aromatic carbocycles. The topological polar surface area (TPSA) is 144 Å². The molecule has 0 unspecified atom stereocenters. The molecule has 0 radical (unpaired) electrons. The van der Waals surface area contributed by atoms with Gasteiger partial charge in [0.1, 0.15) is 6.61 Å². The lowest BCUT2D eigenvalue weighted by Crippen LogP contribution is -2.17. The molecule has 0 spiro atoms. The summed E-state index contributed by atoms with van der Waals surface area (Å²) in [6, 6.07) is 21.9. The molecule has 212 valence electrons. The molecule has 0 fully saturated rings. The maximum Gasteiger partial charge on any atom is 0.263 e. The van der Waals surface area contributed by atoms with Crippen molar-refractivity contribution in [2.45, 2.75) is 31.1 Å². The molecule has 4 rings (SSSR count). The summed E-state index contributed by atoms with van der Waals surface area (Å²) in [5.41, 5.74) is 1.61. The van der Waals surface area contributed by atoms with Crippen LogP contribution >= 0.6 is 0 Å². The Hall–Kier alpha value is -4.66. The van der Waals surface area contributed by atoms with Gasteiger partial charge in [0, 0.05) is 5.56 Å². The molecule has 0 atom stereocenters. The number of aliphatic hydroxyl groups excluding tert-OH is 1. The van der Waals surface area contributed by atoms with Gasteiger partial charge in [-0.05, 0) is 47.4 Å². The average Bonchev–Trinajstić information content (AvgIpc) is 2.96. The highest BCUT2D eigenvalue weighted by Crippen LogP contribution is 2.41. The monoisotopic (exact) mass is 574 g/mol. The van der Waals surface area contributed by atoms with Crippen LogP contribution < -0.4 is 18.9 Å². The molecule has 0 bridgehead atoms. The third-order valence-corrected chi connectivity index (χ3v) is 7.31. The van der Waals surface area contributed by atoms with Crippen molar-refractivity contribution in [3.63, 3.8) is 0 Å². The van der Waals surface area contributed by atoms with Crippen LogP contribution in [-0.4, -0.2) is 43.8 Å². The van der Waals surface area contributed by atoms with Gasteiger partial charge < -0.3 is 19.3 Å². The van der Waals surface area contributed by atoms with E-state index in [1.165, 1.54) is 19.2 Å². The molecule has 0 aliphatic carbocycles. The molecule has 0 amide bonds. The molecule has 1 heterocycles. The van der Waals surface area contributed by atoms with Crippen molar-refractivity contribution >= 4 is 15.8 Å². The van der Waals surface area contributed by atoms with Gasteiger partial charge in [0.15, 0.2) is 23.1 Å². The fourth-order valence-corrected chi connectivity index (χ4v) is 4.83. The van der Waals surface area contributed by atoms with E-state index in [1.807, 2.05) is 20.8 Å². The van der Waals surface area contributed by atoms with Crippen molar-refractivity contribution in [1.82, 2.24) is 9.97 Å². The van der Waals surface area contributed by atoms with Crippen molar-refractivity contribution in [1.29, 1.82) is 5.26 Å². The maximum atomic E-state index is 13.6. The van der Waals surface area contributed by atoms with E-state index in [4.69, 9.17) is 14.2 Å². The molecule has 1 aromatic heterocycles. The molecule has 10 nitrogen and oxygen atoms in total. The Morgan fingerprint density at radius 1 is 0.976 bits per heavy atom. The van der Waals surface area contributed by atoms with Crippen LogP contribution in [0.15, 0.2) is 77.7 Å². The Morgan fingerprint density at radius 2 is 1.68 bits per heavy atom. The number of nitrogens with one attached hydrogen (secondary N) is 1. The van der Waals surface area contributed by atoms with Gasteiger partial charge >= 0.3 is 0 Å². The number of benzene rings is 3. The molecule has 4 aromatic rings. The largest absolute Gasteiger partial charge is 0.493 e. The Kier molecular flexibility index (Phi) is 8.76. The predicted molar refractivity (Wildman–Crippen MR) is 154 cm³/mol. The number of nitrogens with zero attached hydrogens (tertiary/aromatic N) is 3. The van der Waals surface area contributed by atoms with Crippen LogP contribution in [0.4, 0.5) is 5.82 Å². The van der Waals surface area contributed by atoms with Gasteiger partial charge in [0.05, 0.1) is 30.2 Å². The van der Waals surface area contributed by atoms with E-state index >= 15 is 0 Å². The number of anilines is 1. The maximum absolute atomic E-state index is 13.6. The minimum atomic E-state index is -4.16. The van der Waals surface area contributed by atoms with Gasteiger partial charge in [0.2, 0.25) is 5.75 Å². The molecule has 0 aliphatic heterocycles. The van der Waals surface area contributed by atoms with E-state index < -0.39 is 10.0 Å². The first-order chi connectivity index (χ1) is 19.6.